The Morgan fingerprint density at radius 3 is 3.10 bits per heavy atom. The van der Waals surface area contributed by atoms with Crippen molar-refractivity contribution in [2.45, 2.75) is 31.8 Å². The minimum absolute atomic E-state index is 0.273. The number of benzene rings is 1. The third kappa shape index (κ3) is 4.70. The molecule has 20 heavy (non-hydrogen) atoms. The van der Waals surface area contributed by atoms with Crippen molar-refractivity contribution in [3.8, 4) is 17.6 Å². The van der Waals surface area contributed by atoms with Crippen molar-refractivity contribution < 1.29 is 13.9 Å². The molecule has 1 aliphatic rings. The van der Waals surface area contributed by atoms with Gasteiger partial charge in [-0.25, -0.2) is 4.39 Å². The van der Waals surface area contributed by atoms with Crippen LogP contribution in [0.3, 0.4) is 0 Å². The van der Waals surface area contributed by atoms with Crippen LogP contribution in [0.1, 0.15) is 31.2 Å². The summed E-state index contributed by atoms with van der Waals surface area (Å²) in [7, 11) is 0. The largest absolute Gasteiger partial charge is 0.492 e. The van der Waals surface area contributed by atoms with E-state index in [1.807, 2.05) is 0 Å². The second kappa shape index (κ2) is 8.14. The fourth-order valence-corrected chi connectivity index (χ4v) is 2.19. The Balaban J connectivity index is 1.94. The van der Waals surface area contributed by atoms with Gasteiger partial charge in [-0.15, -0.1) is 11.6 Å². The monoisotopic (exact) mass is 296 g/mol. The van der Waals surface area contributed by atoms with Crippen molar-refractivity contribution in [2.75, 3.05) is 19.1 Å². The van der Waals surface area contributed by atoms with E-state index in [0.29, 0.717) is 30.2 Å². The topological polar surface area (TPSA) is 18.5 Å². The molecule has 0 amide bonds. The second-order valence-corrected chi connectivity index (χ2v) is 5.03. The van der Waals surface area contributed by atoms with E-state index in [1.54, 1.807) is 6.07 Å². The SMILES string of the molecule is Fc1ccc(C#CCCCl)c(OCCC2CCCO2)c1. The first-order valence-corrected chi connectivity index (χ1v) is 7.42. The summed E-state index contributed by atoms with van der Waals surface area (Å²) in [6.07, 6.45) is 3.89. The molecule has 1 saturated heterocycles. The predicted molar refractivity (Wildman–Crippen MR) is 77.7 cm³/mol. The highest BCUT2D eigenvalue weighted by atomic mass is 35.5. The van der Waals surface area contributed by atoms with E-state index in [4.69, 9.17) is 21.1 Å². The minimum Gasteiger partial charge on any atom is -0.492 e. The lowest BCUT2D eigenvalue weighted by Gasteiger charge is -2.11. The summed E-state index contributed by atoms with van der Waals surface area (Å²) >= 11 is 5.58. The lowest BCUT2D eigenvalue weighted by molar-refractivity contribution is 0.0903. The molecule has 1 aromatic rings. The Bertz CT molecular complexity index is 487. The number of hydrogen-bond acceptors (Lipinski definition) is 2. The van der Waals surface area contributed by atoms with Crippen LogP contribution in [0.4, 0.5) is 4.39 Å². The van der Waals surface area contributed by atoms with Crippen LogP contribution >= 0.6 is 11.6 Å². The molecule has 108 valence electrons. The van der Waals surface area contributed by atoms with Crippen molar-refractivity contribution >= 4 is 11.6 Å². The van der Waals surface area contributed by atoms with Crippen LogP contribution in [0.25, 0.3) is 0 Å². The molecule has 0 aromatic heterocycles. The van der Waals surface area contributed by atoms with Crippen LogP contribution < -0.4 is 4.74 Å². The van der Waals surface area contributed by atoms with E-state index >= 15 is 0 Å². The van der Waals surface area contributed by atoms with Gasteiger partial charge in [0.15, 0.2) is 0 Å². The molecule has 1 aromatic carbocycles. The highest BCUT2D eigenvalue weighted by Crippen LogP contribution is 2.21. The zero-order valence-electron chi connectivity index (χ0n) is 11.3. The van der Waals surface area contributed by atoms with Gasteiger partial charge in [-0.05, 0) is 25.0 Å². The first kappa shape index (κ1) is 15.2. The molecule has 4 heteroatoms. The number of halogens is 2. The molecule has 1 aliphatic heterocycles. The summed E-state index contributed by atoms with van der Waals surface area (Å²) in [6.45, 7) is 1.35. The third-order valence-electron chi connectivity index (χ3n) is 3.11. The van der Waals surface area contributed by atoms with E-state index in [1.165, 1.54) is 12.1 Å². The summed E-state index contributed by atoms with van der Waals surface area (Å²) in [5.74, 6) is 6.56. The van der Waals surface area contributed by atoms with Gasteiger partial charge in [0.05, 0.1) is 18.3 Å². The smallest absolute Gasteiger partial charge is 0.137 e. The van der Waals surface area contributed by atoms with Gasteiger partial charge in [0.25, 0.3) is 0 Å². The second-order valence-electron chi connectivity index (χ2n) is 4.65. The van der Waals surface area contributed by atoms with Crippen LogP contribution in [0.5, 0.6) is 5.75 Å². The van der Waals surface area contributed by atoms with Gasteiger partial charge >= 0.3 is 0 Å². The molecule has 0 bridgehead atoms. The van der Waals surface area contributed by atoms with E-state index < -0.39 is 0 Å². The summed E-state index contributed by atoms with van der Waals surface area (Å²) in [5.41, 5.74) is 0.698. The highest BCUT2D eigenvalue weighted by Gasteiger charge is 2.15. The lowest BCUT2D eigenvalue weighted by atomic mass is 10.2. The number of alkyl halides is 1. The fourth-order valence-electron chi connectivity index (χ4n) is 2.10. The minimum atomic E-state index is -0.319. The van der Waals surface area contributed by atoms with Crippen LogP contribution in [-0.4, -0.2) is 25.2 Å². The average Bonchev–Trinajstić information content (AvgIpc) is 2.94. The maximum Gasteiger partial charge on any atom is 0.137 e. The zero-order valence-corrected chi connectivity index (χ0v) is 12.1. The Hall–Kier alpha value is -1.24. The van der Waals surface area contributed by atoms with Gasteiger partial charge < -0.3 is 9.47 Å². The molecule has 0 radical (unpaired) electrons. The summed E-state index contributed by atoms with van der Waals surface area (Å²) in [6, 6.07) is 4.40. The van der Waals surface area contributed by atoms with Gasteiger partial charge in [0, 0.05) is 31.4 Å². The lowest BCUT2D eigenvalue weighted by Crippen LogP contribution is -2.11. The normalized spacial score (nSPS) is 17.6. The summed E-state index contributed by atoms with van der Waals surface area (Å²) in [4.78, 5) is 0. The van der Waals surface area contributed by atoms with Crippen molar-refractivity contribution in [3.05, 3.63) is 29.6 Å². The quantitative estimate of drug-likeness (QED) is 0.608. The molecular weight excluding hydrogens is 279 g/mol. The van der Waals surface area contributed by atoms with Gasteiger partial charge in [0.2, 0.25) is 0 Å². The Labute approximate surface area is 124 Å². The number of hydrogen-bond donors (Lipinski definition) is 0. The fraction of sp³-hybridized carbons (Fsp3) is 0.500. The molecule has 1 unspecified atom stereocenters. The van der Waals surface area contributed by atoms with Crippen molar-refractivity contribution in [1.29, 1.82) is 0 Å². The maximum atomic E-state index is 13.3. The van der Waals surface area contributed by atoms with Crippen molar-refractivity contribution in [3.63, 3.8) is 0 Å². The Morgan fingerprint density at radius 1 is 1.45 bits per heavy atom. The van der Waals surface area contributed by atoms with Gasteiger partial charge in [0.1, 0.15) is 11.6 Å². The first-order valence-electron chi connectivity index (χ1n) is 6.88. The van der Waals surface area contributed by atoms with E-state index in [-0.39, 0.29) is 11.9 Å². The van der Waals surface area contributed by atoms with Crippen molar-refractivity contribution in [2.24, 2.45) is 0 Å². The molecule has 0 saturated carbocycles. The Morgan fingerprint density at radius 2 is 2.35 bits per heavy atom. The van der Waals surface area contributed by atoms with Crippen LogP contribution in [0.2, 0.25) is 0 Å². The Kier molecular flexibility index (Phi) is 6.17. The molecule has 1 heterocycles. The number of ether oxygens (including phenoxy) is 2. The zero-order chi connectivity index (χ0) is 14.2. The predicted octanol–water partition coefficient (Wildman–Crippen LogP) is 3.75. The van der Waals surface area contributed by atoms with Gasteiger partial charge in [-0.3, -0.25) is 0 Å². The summed E-state index contributed by atoms with van der Waals surface area (Å²) in [5, 5.41) is 0. The molecule has 0 spiro atoms. The average molecular weight is 297 g/mol. The van der Waals surface area contributed by atoms with Gasteiger partial charge in [-0.2, -0.15) is 0 Å². The standard InChI is InChI=1S/C16H18ClFO2/c17-9-2-1-4-13-6-7-14(18)12-16(13)20-11-8-15-5-3-10-19-15/h6-7,12,15H,2-3,5,8-11H2. The third-order valence-corrected chi connectivity index (χ3v) is 3.30. The number of rotatable bonds is 5. The van der Waals surface area contributed by atoms with Crippen LogP contribution in [0.15, 0.2) is 18.2 Å². The summed E-state index contributed by atoms with van der Waals surface area (Å²) < 4.78 is 24.5. The van der Waals surface area contributed by atoms with Crippen molar-refractivity contribution in [1.82, 2.24) is 0 Å². The van der Waals surface area contributed by atoms with Crippen LogP contribution in [0, 0.1) is 17.7 Å². The molecule has 1 atom stereocenters. The van der Waals surface area contributed by atoms with Crippen LogP contribution in [-0.2, 0) is 4.74 Å². The van der Waals surface area contributed by atoms with E-state index in [9.17, 15) is 4.39 Å². The molecule has 2 rings (SSSR count). The molecule has 0 N–H and O–H groups in total. The molecular formula is C16H18ClFO2. The maximum absolute atomic E-state index is 13.3. The van der Waals surface area contributed by atoms with E-state index in [0.717, 1.165) is 25.9 Å². The molecule has 0 aliphatic carbocycles. The molecule has 1 fully saturated rings. The highest BCUT2D eigenvalue weighted by molar-refractivity contribution is 6.18. The van der Waals surface area contributed by atoms with E-state index in [2.05, 4.69) is 11.8 Å². The first-order chi connectivity index (χ1) is 9.79. The van der Waals surface area contributed by atoms with Gasteiger partial charge in [-0.1, -0.05) is 11.8 Å². The molecule has 2 nitrogen and oxygen atoms in total.